The largest absolute Gasteiger partial charge is 0.497 e. The van der Waals surface area contributed by atoms with Crippen LogP contribution in [0.2, 0.25) is 0 Å². The average molecular weight is 275 g/mol. The molecule has 1 N–H and O–H groups in total. The number of nitrogens with zero attached hydrogens (tertiary/aromatic N) is 1. The van der Waals surface area contributed by atoms with Crippen LogP contribution in [0.4, 0.5) is 0 Å². The van der Waals surface area contributed by atoms with Gasteiger partial charge in [-0.2, -0.15) is 0 Å². The number of aliphatic hydroxyl groups excluding tert-OH is 1. The van der Waals surface area contributed by atoms with Crippen LogP contribution in [0.3, 0.4) is 0 Å². The van der Waals surface area contributed by atoms with Gasteiger partial charge in [0.1, 0.15) is 5.75 Å². The molecule has 0 radical (unpaired) electrons. The van der Waals surface area contributed by atoms with Crippen molar-refractivity contribution in [2.24, 2.45) is 5.92 Å². The SMILES string of the molecule is COc1cccc([C@@]23CCN(C)C[C@H]2CC[C@H](O)C3)c1. The van der Waals surface area contributed by atoms with Gasteiger partial charge in [-0.15, -0.1) is 0 Å². The maximum Gasteiger partial charge on any atom is 0.119 e. The summed E-state index contributed by atoms with van der Waals surface area (Å²) in [5.41, 5.74) is 1.49. The first-order chi connectivity index (χ1) is 9.64. The molecule has 1 aliphatic carbocycles. The second kappa shape index (κ2) is 5.38. The minimum Gasteiger partial charge on any atom is -0.497 e. The minimum absolute atomic E-state index is 0.138. The van der Waals surface area contributed by atoms with Crippen molar-refractivity contribution in [2.45, 2.75) is 37.2 Å². The number of aliphatic hydroxyl groups is 1. The van der Waals surface area contributed by atoms with Gasteiger partial charge in [0.15, 0.2) is 0 Å². The van der Waals surface area contributed by atoms with Gasteiger partial charge < -0.3 is 14.7 Å². The first-order valence-corrected chi connectivity index (χ1v) is 7.65. The van der Waals surface area contributed by atoms with Gasteiger partial charge in [-0.1, -0.05) is 12.1 Å². The molecular weight excluding hydrogens is 250 g/mol. The van der Waals surface area contributed by atoms with Crippen LogP contribution in [0, 0.1) is 5.92 Å². The molecule has 0 unspecified atom stereocenters. The molecule has 110 valence electrons. The lowest BCUT2D eigenvalue weighted by Gasteiger charge is -2.51. The smallest absolute Gasteiger partial charge is 0.119 e. The summed E-state index contributed by atoms with van der Waals surface area (Å²) < 4.78 is 5.40. The van der Waals surface area contributed by atoms with Crippen LogP contribution >= 0.6 is 0 Å². The normalized spacial score (nSPS) is 34.5. The highest BCUT2D eigenvalue weighted by molar-refractivity contribution is 5.36. The summed E-state index contributed by atoms with van der Waals surface area (Å²) in [7, 11) is 3.93. The number of benzene rings is 1. The first-order valence-electron chi connectivity index (χ1n) is 7.65. The van der Waals surface area contributed by atoms with Gasteiger partial charge in [-0.05, 0) is 62.9 Å². The van der Waals surface area contributed by atoms with Crippen molar-refractivity contribution in [2.75, 3.05) is 27.2 Å². The van der Waals surface area contributed by atoms with E-state index >= 15 is 0 Å². The topological polar surface area (TPSA) is 32.7 Å². The third kappa shape index (κ3) is 2.33. The molecule has 20 heavy (non-hydrogen) atoms. The molecule has 3 nitrogen and oxygen atoms in total. The summed E-state index contributed by atoms with van der Waals surface area (Å²) >= 11 is 0. The van der Waals surface area contributed by atoms with Crippen molar-refractivity contribution in [3.63, 3.8) is 0 Å². The second-order valence-corrected chi connectivity index (χ2v) is 6.53. The zero-order valence-corrected chi connectivity index (χ0v) is 12.5. The van der Waals surface area contributed by atoms with E-state index < -0.39 is 0 Å². The summed E-state index contributed by atoms with van der Waals surface area (Å²) in [6.07, 6.45) is 3.96. The molecule has 0 aromatic heterocycles. The molecule has 2 fully saturated rings. The van der Waals surface area contributed by atoms with Crippen molar-refractivity contribution in [3.8, 4) is 5.75 Å². The Morgan fingerprint density at radius 1 is 1.35 bits per heavy atom. The highest BCUT2D eigenvalue weighted by Crippen LogP contribution is 2.49. The van der Waals surface area contributed by atoms with E-state index in [1.54, 1.807) is 7.11 Å². The molecule has 0 bridgehead atoms. The molecule has 1 saturated carbocycles. The fourth-order valence-electron chi connectivity index (χ4n) is 4.22. The van der Waals surface area contributed by atoms with E-state index in [0.717, 1.165) is 44.5 Å². The second-order valence-electron chi connectivity index (χ2n) is 6.53. The van der Waals surface area contributed by atoms with Crippen LogP contribution in [0.1, 0.15) is 31.2 Å². The summed E-state index contributed by atoms with van der Waals surface area (Å²) in [6.45, 7) is 2.25. The Kier molecular flexibility index (Phi) is 3.74. The van der Waals surface area contributed by atoms with Crippen LogP contribution in [-0.4, -0.2) is 43.4 Å². The fraction of sp³-hybridized carbons (Fsp3) is 0.647. The summed E-state index contributed by atoms with van der Waals surface area (Å²) in [5, 5.41) is 10.2. The maximum absolute atomic E-state index is 10.2. The molecule has 0 amide bonds. The Balaban J connectivity index is 1.99. The van der Waals surface area contributed by atoms with Crippen molar-refractivity contribution in [3.05, 3.63) is 29.8 Å². The monoisotopic (exact) mass is 275 g/mol. The lowest BCUT2D eigenvalue weighted by atomic mass is 9.58. The van der Waals surface area contributed by atoms with E-state index in [0.29, 0.717) is 5.92 Å². The van der Waals surface area contributed by atoms with Crippen molar-refractivity contribution >= 4 is 0 Å². The molecule has 1 aromatic rings. The van der Waals surface area contributed by atoms with E-state index in [1.165, 1.54) is 5.56 Å². The van der Waals surface area contributed by atoms with E-state index in [2.05, 4.69) is 30.1 Å². The molecule has 3 heteroatoms. The third-order valence-electron chi connectivity index (χ3n) is 5.35. The van der Waals surface area contributed by atoms with E-state index in [-0.39, 0.29) is 11.5 Å². The molecule has 1 aromatic carbocycles. The van der Waals surface area contributed by atoms with E-state index in [1.807, 2.05) is 6.07 Å². The van der Waals surface area contributed by atoms with Crippen molar-refractivity contribution < 1.29 is 9.84 Å². The summed E-state index contributed by atoms with van der Waals surface area (Å²) in [5.74, 6) is 1.58. The number of hydrogen-bond donors (Lipinski definition) is 1. The summed E-state index contributed by atoms with van der Waals surface area (Å²) in [6, 6.07) is 8.48. The Morgan fingerprint density at radius 3 is 3.00 bits per heavy atom. The number of rotatable bonds is 2. The minimum atomic E-state index is -0.152. The average Bonchev–Trinajstić information content (AvgIpc) is 2.47. The highest BCUT2D eigenvalue weighted by atomic mass is 16.5. The van der Waals surface area contributed by atoms with Crippen molar-refractivity contribution in [1.29, 1.82) is 0 Å². The van der Waals surface area contributed by atoms with Gasteiger partial charge in [0.2, 0.25) is 0 Å². The number of piperidine rings is 1. The Labute approximate surface area is 121 Å². The van der Waals surface area contributed by atoms with Crippen LogP contribution in [0.15, 0.2) is 24.3 Å². The number of fused-ring (bicyclic) bond motifs is 1. The van der Waals surface area contributed by atoms with E-state index in [4.69, 9.17) is 4.74 Å². The van der Waals surface area contributed by atoms with Gasteiger partial charge in [0, 0.05) is 12.0 Å². The predicted octanol–water partition coefficient (Wildman–Crippen LogP) is 2.43. The molecule has 1 aliphatic heterocycles. The third-order valence-corrected chi connectivity index (χ3v) is 5.35. The lowest BCUT2D eigenvalue weighted by Crippen LogP contribution is -2.52. The molecule has 1 saturated heterocycles. The number of likely N-dealkylation sites (tertiary alicyclic amines) is 1. The van der Waals surface area contributed by atoms with Gasteiger partial charge in [0.25, 0.3) is 0 Å². The molecular formula is C17H25NO2. The van der Waals surface area contributed by atoms with Gasteiger partial charge in [-0.25, -0.2) is 0 Å². The van der Waals surface area contributed by atoms with Gasteiger partial charge in [0.05, 0.1) is 13.2 Å². The predicted molar refractivity (Wildman–Crippen MR) is 80.1 cm³/mol. The Bertz CT molecular complexity index is 476. The Hall–Kier alpha value is -1.06. The quantitative estimate of drug-likeness (QED) is 0.900. The van der Waals surface area contributed by atoms with Crippen LogP contribution in [0.5, 0.6) is 5.75 Å². The maximum atomic E-state index is 10.2. The Morgan fingerprint density at radius 2 is 2.20 bits per heavy atom. The zero-order chi connectivity index (χ0) is 14.2. The molecule has 0 spiro atoms. The molecule has 1 heterocycles. The molecule has 3 atom stereocenters. The fourth-order valence-corrected chi connectivity index (χ4v) is 4.22. The standard InChI is InChI=1S/C17H25NO2/c1-18-9-8-17(11-15(19)7-6-14(17)12-18)13-4-3-5-16(10-13)20-2/h3-5,10,14-15,19H,6-9,11-12H2,1-2H3/t14-,15+,17+/m1/s1. The number of methoxy groups -OCH3 is 1. The highest BCUT2D eigenvalue weighted by Gasteiger charge is 2.47. The molecule has 2 aliphatic rings. The zero-order valence-electron chi connectivity index (χ0n) is 12.5. The molecule has 3 rings (SSSR count). The summed E-state index contributed by atoms with van der Waals surface area (Å²) in [4.78, 5) is 2.43. The van der Waals surface area contributed by atoms with Gasteiger partial charge >= 0.3 is 0 Å². The van der Waals surface area contributed by atoms with Gasteiger partial charge in [-0.3, -0.25) is 0 Å². The van der Waals surface area contributed by atoms with E-state index in [9.17, 15) is 5.11 Å². The number of ether oxygens (including phenoxy) is 1. The van der Waals surface area contributed by atoms with Crippen molar-refractivity contribution in [1.82, 2.24) is 4.90 Å². The van der Waals surface area contributed by atoms with Crippen LogP contribution < -0.4 is 4.74 Å². The van der Waals surface area contributed by atoms with Crippen LogP contribution in [-0.2, 0) is 5.41 Å². The number of hydrogen-bond acceptors (Lipinski definition) is 3. The lowest BCUT2D eigenvalue weighted by molar-refractivity contribution is 0.00288. The first kappa shape index (κ1) is 13.9. The van der Waals surface area contributed by atoms with Crippen LogP contribution in [0.25, 0.3) is 0 Å².